The summed E-state index contributed by atoms with van der Waals surface area (Å²) in [5.74, 6) is 0. The van der Waals surface area contributed by atoms with Crippen LogP contribution in [0, 0.1) is 6.92 Å². The molecule has 152 valence electrons. The molecule has 0 saturated heterocycles. The molecule has 0 aliphatic heterocycles. The standard InChI is InChI=1S/C24H24N4O2/c1-16-12-18(13-17-6-8-19(9-7-17)28-11-3-10-26-28)14-20-23(16)25-15-27(24(20)30)21-4-2-5-22(21)29/h3,6-12,14-15,21-22,29H,2,4-5,13H2,1H3/t21-,22-/m0/s1. The zero-order chi connectivity index (χ0) is 20.7. The third kappa shape index (κ3) is 3.33. The summed E-state index contributed by atoms with van der Waals surface area (Å²) >= 11 is 0. The summed E-state index contributed by atoms with van der Waals surface area (Å²) in [4.78, 5) is 17.7. The molecule has 2 heterocycles. The summed E-state index contributed by atoms with van der Waals surface area (Å²) in [6, 6.07) is 14.1. The molecule has 6 heteroatoms. The fraction of sp³-hybridized carbons (Fsp3) is 0.292. The molecule has 6 nitrogen and oxygen atoms in total. The molecule has 1 saturated carbocycles. The number of fused-ring (bicyclic) bond motifs is 1. The van der Waals surface area contributed by atoms with Crippen molar-refractivity contribution in [1.29, 1.82) is 0 Å². The lowest BCUT2D eigenvalue weighted by Crippen LogP contribution is -2.29. The summed E-state index contributed by atoms with van der Waals surface area (Å²) in [6.07, 6.45) is 8.03. The average Bonchev–Trinajstić information content (AvgIpc) is 3.42. The van der Waals surface area contributed by atoms with Crippen LogP contribution in [0.15, 0.2) is 66.0 Å². The minimum absolute atomic E-state index is 0.0649. The molecule has 0 spiro atoms. The number of rotatable bonds is 4. The van der Waals surface area contributed by atoms with Crippen molar-refractivity contribution in [2.24, 2.45) is 0 Å². The van der Waals surface area contributed by atoms with E-state index in [4.69, 9.17) is 0 Å². The van der Waals surface area contributed by atoms with E-state index < -0.39 is 6.10 Å². The van der Waals surface area contributed by atoms with Gasteiger partial charge in [0.2, 0.25) is 0 Å². The van der Waals surface area contributed by atoms with Crippen LogP contribution in [-0.4, -0.2) is 30.5 Å². The van der Waals surface area contributed by atoms with E-state index in [9.17, 15) is 9.90 Å². The summed E-state index contributed by atoms with van der Waals surface area (Å²) in [7, 11) is 0. The quantitative estimate of drug-likeness (QED) is 0.568. The highest BCUT2D eigenvalue weighted by molar-refractivity contribution is 5.81. The zero-order valence-corrected chi connectivity index (χ0v) is 16.9. The lowest BCUT2D eigenvalue weighted by molar-refractivity contribution is 0.134. The van der Waals surface area contributed by atoms with Crippen LogP contribution in [0.25, 0.3) is 16.6 Å². The highest BCUT2D eigenvalue weighted by atomic mass is 16.3. The monoisotopic (exact) mass is 400 g/mol. The van der Waals surface area contributed by atoms with E-state index >= 15 is 0 Å². The lowest BCUT2D eigenvalue weighted by atomic mass is 10.00. The topological polar surface area (TPSA) is 72.9 Å². The molecule has 1 aliphatic carbocycles. The van der Waals surface area contributed by atoms with Gasteiger partial charge in [-0.3, -0.25) is 9.36 Å². The summed E-state index contributed by atoms with van der Waals surface area (Å²) in [5.41, 5.74) is 4.93. The van der Waals surface area contributed by atoms with E-state index in [-0.39, 0.29) is 11.6 Å². The molecule has 0 unspecified atom stereocenters. The number of aryl methyl sites for hydroxylation is 1. The summed E-state index contributed by atoms with van der Waals surface area (Å²) in [6.45, 7) is 1.99. The molecule has 30 heavy (non-hydrogen) atoms. The van der Waals surface area contributed by atoms with Crippen LogP contribution >= 0.6 is 0 Å². The zero-order valence-electron chi connectivity index (χ0n) is 16.9. The van der Waals surface area contributed by atoms with E-state index in [1.165, 1.54) is 5.56 Å². The minimum atomic E-state index is -0.473. The van der Waals surface area contributed by atoms with Gasteiger partial charge < -0.3 is 5.11 Å². The second-order valence-corrected chi connectivity index (χ2v) is 8.13. The number of aromatic nitrogens is 4. The molecule has 0 radical (unpaired) electrons. The van der Waals surface area contributed by atoms with Crippen molar-refractivity contribution in [3.05, 3.63) is 88.2 Å². The van der Waals surface area contributed by atoms with E-state index in [0.29, 0.717) is 5.39 Å². The van der Waals surface area contributed by atoms with Crippen LogP contribution < -0.4 is 5.56 Å². The van der Waals surface area contributed by atoms with Gasteiger partial charge in [-0.05, 0) is 73.6 Å². The summed E-state index contributed by atoms with van der Waals surface area (Å²) in [5, 5.41) is 15.1. The van der Waals surface area contributed by atoms with Crippen molar-refractivity contribution in [3.63, 3.8) is 0 Å². The van der Waals surface area contributed by atoms with Crippen LogP contribution in [0.1, 0.15) is 42.0 Å². The van der Waals surface area contributed by atoms with Crippen LogP contribution in [0.5, 0.6) is 0 Å². The molecule has 4 aromatic rings. The van der Waals surface area contributed by atoms with Gasteiger partial charge in [0.05, 0.1) is 35.1 Å². The molecule has 0 amide bonds. The first-order valence-corrected chi connectivity index (χ1v) is 10.4. The van der Waals surface area contributed by atoms with Crippen LogP contribution in [0.2, 0.25) is 0 Å². The Hall–Kier alpha value is -3.25. The third-order valence-electron chi connectivity index (χ3n) is 6.05. The highest BCUT2D eigenvalue weighted by Crippen LogP contribution is 2.29. The fourth-order valence-corrected chi connectivity index (χ4v) is 4.51. The SMILES string of the molecule is Cc1cc(Cc2ccc(-n3cccn3)cc2)cc2c(=O)n([C@H]3CCC[C@@H]3O)cnc12. The number of aliphatic hydroxyl groups excluding tert-OH is 1. The Labute approximate surface area is 174 Å². The second kappa shape index (κ2) is 7.54. The molecule has 1 N–H and O–H groups in total. The van der Waals surface area contributed by atoms with Gasteiger partial charge in [-0.25, -0.2) is 9.67 Å². The third-order valence-corrected chi connectivity index (χ3v) is 6.05. The van der Waals surface area contributed by atoms with Crippen molar-refractivity contribution in [2.45, 2.75) is 44.8 Å². The van der Waals surface area contributed by atoms with Crippen molar-refractivity contribution in [3.8, 4) is 5.69 Å². The van der Waals surface area contributed by atoms with Gasteiger partial charge in [0.25, 0.3) is 5.56 Å². The predicted octanol–water partition coefficient (Wildman–Crippen LogP) is 3.57. The van der Waals surface area contributed by atoms with Crippen LogP contribution in [0.3, 0.4) is 0 Å². The van der Waals surface area contributed by atoms with Crippen molar-refractivity contribution >= 4 is 10.9 Å². The van der Waals surface area contributed by atoms with Crippen molar-refractivity contribution < 1.29 is 5.11 Å². The molecule has 5 rings (SSSR count). The fourth-order valence-electron chi connectivity index (χ4n) is 4.51. The number of aliphatic hydroxyl groups is 1. The Kier molecular flexibility index (Phi) is 4.71. The van der Waals surface area contributed by atoms with E-state index in [1.807, 2.05) is 42.1 Å². The largest absolute Gasteiger partial charge is 0.391 e. The van der Waals surface area contributed by atoms with Crippen molar-refractivity contribution in [2.75, 3.05) is 0 Å². The Morgan fingerprint density at radius 3 is 2.67 bits per heavy atom. The van der Waals surface area contributed by atoms with Gasteiger partial charge in [0, 0.05) is 12.4 Å². The maximum absolute atomic E-state index is 13.2. The van der Waals surface area contributed by atoms with Gasteiger partial charge >= 0.3 is 0 Å². The van der Waals surface area contributed by atoms with Gasteiger partial charge in [-0.1, -0.05) is 18.2 Å². The van der Waals surface area contributed by atoms with Crippen LogP contribution in [0.4, 0.5) is 0 Å². The van der Waals surface area contributed by atoms with E-state index in [1.54, 1.807) is 17.1 Å². The van der Waals surface area contributed by atoms with Crippen molar-refractivity contribution in [1.82, 2.24) is 19.3 Å². The molecule has 1 aliphatic rings. The van der Waals surface area contributed by atoms with E-state index in [2.05, 4.69) is 28.3 Å². The van der Waals surface area contributed by atoms with Gasteiger partial charge in [0.15, 0.2) is 0 Å². The molecule has 2 aromatic heterocycles. The van der Waals surface area contributed by atoms with Gasteiger partial charge in [0.1, 0.15) is 0 Å². The Balaban J connectivity index is 1.49. The minimum Gasteiger partial charge on any atom is -0.391 e. The molecule has 2 aromatic carbocycles. The van der Waals surface area contributed by atoms with Gasteiger partial charge in [-0.15, -0.1) is 0 Å². The average molecular weight is 400 g/mol. The Bertz CT molecular complexity index is 1240. The number of hydrogen-bond donors (Lipinski definition) is 1. The molecule has 0 bridgehead atoms. The predicted molar refractivity (Wildman–Crippen MR) is 116 cm³/mol. The maximum Gasteiger partial charge on any atom is 0.261 e. The number of hydrogen-bond acceptors (Lipinski definition) is 4. The lowest BCUT2D eigenvalue weighted by Gasteiger charge is -2.18. The first-order chi connectivity index (χ1) is 14.6. The first kappa shape index (κ1) is 18.8. The molecule has 1 fully saturated rings. The van der Waals surface area contributed by atoms with Crippen LogP contribution in [-0.2, 0) is 6.42 Å². The molecule has 2 atom stereocenters. The Morgan fingerprint density at radius 2 is 1.97 bits per heavy atom. The molecular formula is C24H24N4O2. The second-order valence-electron chi connectivity index (χ2n) is 8.13. The smallest absolute Gasteiger partial charge is 0.261 e. The van der Waals surface area contributed by atoms with Gasteiger partial charge in [-0.2, -0.15) is 5.10 Å². The normalized spacial score (nSPS) is 18.9. The Morgan fingerprint density at radius 1 is 1.13 bits per heavy atom. The maximum atomic E-state index is 13.2. The first-order valence-electron chi connectivity index (χ1n) is 10.4. The van der Waals surface area contributed by atoms with E-state index in [0.717, 1.165) is 48.0 Å². The summed E-state index contributed by atoms with van der Waals surface area (Å²) < 4.78 is 3.46. The highest BCUT2D eigenvalue weighted by Gasteiger charge is 2.28. The number of nitrogens with zero attached hydrogens (tertiary/aromatic N) is 4. The number of benzene rings is 2. The molecular weight excluding hydrogens is 376 g/mol.